The van der Waals surface area contributed by atoms with Gasteiger partial charge in [0.1, 0.15) is 0 Å². The number of hydrogen-bond donors (Lipinski definition) is 2. The fourth-order valence-corrected chi connectivity index (χ4v) is 2.95. The first kappa shape index (κ1) is 16.0. The monoisotopic (exact) mass is 322 g/mol. The first-order valence-electron chi connectivity index (χ1n) is 6.90. The first-order chi connectivity index (χ1) is 10.1. The summed E-state index contributed by atoms with van der Waals surface area (Å²) in [6.45, 7) is 1.91. The van der Waals surface area contributed by atoms with Gasteiger partial charge in [-0.3, -0.25) is 4.79 Å². The molecule has 0 aliphatic rings. The van der Waals surface area contributed by atoms with E-state index in [0.29, 0.717) is 17.9 Å². The second-order valence-electron chi connectivity index (χ2n) is 5.08. The Morgan fingerprint density at radius 1 is 1.33 bits per heavy atom. The number of carbonyl (C=O) groups is 1. The Balaban J connectivity index is 2.14. The Morgan fingerprint density at radius 3 is 2.62 bits per heavy atom. The van der Waals surface area contributed by atoms with Gasteiger partial charge in [0.2, 0.25) is 5.91 Å². The molecule has 1 heterocycles. The third-order valence-electron chi connectivity index (χ3n) is 3.16. The van der Waals surface area contributed by atoms with E-state index in [1.165, 1.54) is 0 Å². The molecule has 0 aliphatic heterocycles. The number of nitrogens with one attached hydrogen (secondary N) is 1. The Kier molecular flexibility index (Phi) is 5.79. The molecule has 112 valence electrons. The lowest BCUT2D eigenvalue weighted by atomic mass is 10.0. The van der Waals surface area contributed by atoms with Gasteiger partial charge in [0.15, 0.2) is 0 Å². The molecule has 1 aromatic carbocycles. The van der Waals surface area contributed by atoms with Crippen LogP contribution in [0.4, 0.5) is 0 Å². The third kappa shape index (κ3) is 4.84. The van der Waals surface area contributed by atoms with E-state index in [2.05, 4.69) is 5.32 Å². The number of nitrogens with two attached hydrogens (primary N) is 1. The van der Waals surface area contributed by atoms with Crippen molar-refractivity contribution in [2.75, 3.05) is 0 Å². The van der Waals surface area contributed by atoms with Gasteiger partial charge in [-0.25, -0.2) is 0 Å². The molecule has 0 bridgehead atoms. The molecule has 1 amide bonds. The number of rotatable bonds is 6. The standard InChI is InChI=1S/C16H19ClN2OS/c1-11(18)4-9-15(20)19-16(14-3-2-10-21-14)12-5-7-13(17)8-6-12/h2-3,5-8,10-11,16H,4,9,18H2,1H3,(H,19,20). The highest BCUT2D eigenvalue weighted by Crippen LogP contribution is 2.27. The van der Waals surface area contributed by atoms with Crippen LogP contribution in [0, 0.1) is 0 Å². The topological polar surface area (TPSA) is 55.1 Å². The molecule has 3 nitrogen and oxygen atoms in total. The SMILES string of the molecule is CC(N)CCC(=O)NC(c1ccc(Cl)cc1)c1cccs1. The van der Waals surface area contributed by atoms with Crippen LogP contribution < -0.4 is 11.1 Å². The van der Waals surface area contributed by atoms with Crippen LogP contribution in [-0.2, 0) is 4.79 Å². The summed E-state index contributed by atoms with van der Waals surface area (Å²) in [5.74, 6) is 0.0145. The summed E-state index contributed by atoms with van der Waals surface area (Å²) in [6, 6.07) is 11.5. The lowest BCUT2D eigenvalue weighted by molar-refractivity contribution is -0.121. The van der Waals surface area contributed by atoms with Crippen LogP contribution in [0.2, 0.25) is 5.02 Å². The average Bonchev–Trinajstić information content (AvgIpc) is 2.97. The second kappa shape index (κ2) is 7.59. The molecule has 5 heteroatoms. The molecular weight excluding hydrogens is 304 g/mol. The van der Waals surface area contributed by atoms with Gasteiger partial charge < -0.3 is 11.1 Å². The molecular formula is C16H19ClN2OS. The number of hydrogen-bond acceptors (Lipinski definition) is 3. The molecule has 0 radical (unpaired) electrons. The summed E-state index contributed by atoms with van der Waals surface area (Å²) >= 11 is 7.56. The highest BCUT2D eigenvalue weighted by Gasteiger charge is 2.17. The van der Waals surface area contributed by atoms with Crippen LogP contribution in [-0.4, -0.2) is 11.9 Å². The lowest BCUT2D eigenvalue weighted by Gasteiger charge is -2.18. The van der Waals surface area contributed by atoms with E-state index >= 15 is 0 Å². The summed E-state index contributed by atoms with van der Waals surface area (Å²) in [7, 11) is 0. The first-order valence-corrected chi connectivity index (χ1v) is 8.16. The van der Waals surface area contributed by atoms with Crippen molar-refractivity contribution in [2.45, 2.75) is 31.8 Å². The molecule has 21 heavy (non-hydrogen) atoms. The minimum Gasteiger partial charge on any atom is -0.344 e. The Labute approximate surface area is 134 Å². The van der Waals surface area contributed by atoms with E-state index in [1.807, 2.05) is 48.7 Å². The molecule has 3 N–H and O–H groups in total. The van der Waals surface area contributed by atoms with E-state index in [9.17, 15) is 4.79 Å². The highest BCUT2D eigenvalue weighted by molar-refractivity contribution is 7.10. The summed E-state index contributed by atoms with van der Waals surface area (Å²) < 4.78 is 0. The Bertz CT molecular complexity index is 566. The van der Waals surface area contributed by atoms with E-state index < -0.39 is 0 Å². The van der Waals surface area contributed by atoms with Crippen molar-refractivity contribution in [1.82, 2.24) is 5.32 Å². The molecule has 0 saturated heterocycles. The third-order valence-corrected chi connectivity index (χ3v) is 4.35. The van der Waals surface area contributed by atoms with E-state index in [0.717, 1.165) is 10.4 Å². The predicted octanol–water partition coefficient (Wildman–Crippen LogP) is 3.73. The summed E-state index contributed by atoms with van der Waals surface area (Å²) in [4.78, 5) is 13.2. The molecule has 0 fully saturated rings. The van der Waals surface area contributed by atoms with Gasteiger partial charge in [0, 0.05) is 22.4 Å². The fraction of sp³-hybridized carbons (Fsp3) is 0.312. The zero-order valence-electron chi connectivity index (χ0n) is 11.9. The van der Waals surface area contributed by atoms with Crippen LogP contribution in [0.1, 0.15) is 36.2 Å². The molecule has 2 rings (SSSR count). The fourth-order valence-electron chi connectivity index (χ4n) is 2.02. The maximum absolute atomic E-state index is 12.1. The van der Waals surface area contributed by atoms with Gasteiger partial charge in [-0.15, -0.1) is 11.3 Å². The minimum atomic E-state index is -0.136. The molecule has 0 saturated carbocycles. The van der Waals surface area contributed by atoms with Crippen LogP contribution >= 0.6 is 22.9 Å². The number of carbonyl (C=O) groups excluding carboxylic acids is 1. The van der Waals surface area contributed by atoms with E-state index in [-0.39, 0.29) is 18.0 Å². The minimum absolute atomic E-state index is 0.0145. The van der Waals surface area contributed by atoms with E-state index in [4.69, 9.17) is 17.3 Å². The second-order valence-corrected chi connectivity index (χ2v) is 6.50. The zero-order chi connectivity index (χ0) is 15.2. The van der Waals surface area contributed by atoms with Gasteiger partial charge >= 0.3 is 0 Å². The maximum Gasteiger partial charge on any atom is 0.220 e. The smallest absolute Gasteiger partial charge is 0.220 e. The van der Waals surface area contributed by atoms with Gasteiger partial charge in [-0.1, -0.05) is 29.8 Å². The van der Waals surface area contributed by atoms with Gasteiger partial charge in [-0.2, -0.15) is 0 Å². The predicted molar refractivity (Wildman–Crippen MR) is 88.6 cm³/mol. The van der Waals surface area contributed by atoms with Crippen molar-refractivity contribution in [3.63, 3.8) is 0 Å². The summed E-state index contributed by atoms with van der Waals surface area (Å²) in [5.41, 5.74) is 6.73. The molecule has 0 aliphatic carbocycles. The van der Waals surface area contributed by atoms with Gasteiger partial charge in [0.25, 0.3) is 0 Å². The van der Waals surface area contributed by atoms with Crippen LogP contribution in [0.5, 0.6) is 0 Å². The number of amides is 1. The van der Waals surface area contributed by atoms with Crippen molar-refractivity contribution >= 4 is 28.8 Å². The van der Waals surface area contributed by atoms with Gasteiger partial charge in [-0.05, 0) is 42.5 Å². The van der Waals surface area contributed by atoms with Crippen LogP contribution in [0.15, 0.2) is 41.8 Å². The quantitative estimate of drug-likeness (QED) is 0.851. The van der Waals surface area contributed by atoms with E-state index in [1.54, 1.807) is 11.3 Å². The maximum atomic E-state index is 12.1. The molecule has 0 spiro atoms. The Morgan fingerprint density at radius 2 is 2.05 bits per heavy atom. The lowest BCUT2D eigenvalue weighted by Crippen LogP contribution is -2.30. The van der Waals surface area contributed by atoms with Crippen molar-refractivity contribution in [1.29, 1.82) is 0 Å². The molecule has 2 atom stereocenters. The largest absolute Gasteiger partial charge is 0.344 e. The van der Waals surface area contributed by atoms with Crippen molar-refractivity contribution in [3.8, 4) is 0 Å². The van der Waals surface area contributed by atoms with Crippen LogP contribution in [0.25, 0.3) is 0 Å². The normalized spacial score (nSPS) is 13.7. The highest BCUT2D eigenvalue weighted by atomic mass is 35.5. The molecule has 2 aromatic rings. The van der Waals surface area contributed by atoms with Crippen LogP contribution in [0.3, 0.4) is 0 Å². The summed E-state index contributed by atoms with van der Waals surface area (Å²) in [5, 5.41) is 5.78. The average molecular weight is 323 g/mol. The summed E-state index contributed by atoms with van der Waals surface area (Å²) in [6.07, 6.45) is 1.12. The van der Waals surface area contributed by atoms with Crippen molar-refractivity contribution < 1.29 is 4.79 Å². The number of thiophene rings is 1. The Hall–Kier alpha value is -1.36. The molecule has 2 unspecified atom stereocenters. The van der Waals surface area contributed by atoms with Gasteiger partial charge in [0.05, 0.1) is 6.04 Å². The number of benzene rings is 1. The van der Waals surface area contributed by atoms with Crippen molar-refractivity contribution in [3.05, 3.63) is 57.2 Å². The zero-order valence-corrected chi connectivity index (χ0v) is 13.5. The van der Waals surface area contributed by atoms with Crippen molar-refractivity contribution in [2.24, 2.45) is 5.73 Å². The molecule has 1 aromatic heterocycles. The number of halogens is 1.